The van der Waals surface area contributed by atoms with Crippen molar-refractivity contribution in [2.75, 3.05) is 5.75 Å². The normalized spacial score (nSPS) is 11.8. The average molecular weight is 432 g/mol. The molecular formula is C19H15F3N6OS. The minimum Gasteiger partial charge on any atom is -0.310 e. The number of nitrogens with one attached hydrogen (secondary N) is 1. The van der Waals surface area contributed by atoms with E-state index in [2.05, 4.69) is 25.1 Å². The summed E-state index contributed by atoms with van der Waals surface area (Å²) in [7, 11) is 0. The van der Waals surface area contributed by atoms with Crippen LogP contribution in [0.1, 0.15) is 5.82 Å². The predicted octanol–water partition coefficient (Wildman–Crippen LogP) is 3.47. The summed E-state index contributed by atoms with van der Waals surface area (Å²) in [5.74, 6) is 0.949. The fourth-order valence-corrected chi connectivity index (χ4v) is 3.81. The number of alkyl halides is 3. The molecule has 0 saturated heterocycles. The fourth-order valence-electron chi connectivity index (χ4n) is 2.92. The van der Waals surface area contributed by atoms with E-state index in [-0.39, 0.29) is 16.5 Å². The van der Waals surface area contributed by atoms with E-state index in [0.29, 0.717) is 34.5 Å². The first-order valence-electron chi connectivity index (χ1n) is 8.92. The number of halogens is 3. The molecule has 0 radical (unpaired) electrons. The lowest BCUT2D eigenvalue weighted by Crippen LogP contribution is -2.19. The number of aryl methyl sites for hydroxylation is 1. The molecule has 0 spiro atoms. The number of nitrogens with zero attached hydrogens (tertiary/aromatic N) is 5. The Balaban J connectivity index is 1.55. The Morgan fingerprint density at radius 1 is 1.07 bits per heavy atom. The van der Waals surface area contributed by atoms with Gasteiger partial charge >= 0.3 is 6.18 Å². The zero-order valence-electron chi connectivity index (χ0n) is 15.4. The van der Waals surface area contributed by atoms with Crippen molar-refractivity contribution in [2.24, 2.45) is 0 Å². The van der Waals surface area contributed by atoms with Crippen LogP contribution in [-0.2, 0) is 13.0 Å². The van der Waals surface area contributed by atoms with Gasteiger partial charge in [-0.25, -0.2) is 4.98 Å². The van der Waals surface area contributed by atoms with Crippen LogP contribution >= 0.6 is 11.8 Å². The quantitative estimate of drug-likeness (QED) is 0.470. The van der Waals surface area contributed by atoms with Gasteiger partial charge in [-0.3, -0.25) is 14.3 Å². The number of hydrogen-bond acceptors (Lipinski definition) is 6. The van der Waals surface area contributed by atoms with Gasteiger partial charge in [0.25, 0.3) is 5.56 Å². The molecule has 0 aliphatic heterocycles. The van der Waals surface area contributed by atoms with Crippen LogP contribution in [0.2, 0.25) is 0 Å². The number of pyridine rings is 1. The van der Waals surface area contributed by atoms with Crippen LogP contribution in [0, 0.1) is 0 Å². The second-order valence-electron chi connectivity index (χ2n) is 6.37. The maximum atomic E-state index is 13.1. The standard InChI is InChI=1S/C19H15F3N6OS/c20-19(21,22)11-28-16(12-5-8-23-9-6-12)26-27-18(28)30-10-7-15-24-14-4-2-1-3-13(14)17(29)25-15/h1-6,8-9H,7,10-11H2,(H,24,25,29). The van der Waals surface area contributed by atoms with E-state index in [0.717, 1.165) is 16.3 Å². The molecule has 7 nitrogen and oxygen atoms in total. The largest absolute Gasteiger partial charge is 0.406 e. The van der Waals surface area contributed by atoms with Crippen molar-refractivity contribution in [1.29, 1.82) is 0 Å². The highest BCUT2D eigenvalue weighted by atomic mass is 32.2. The van der Waals surface area contributed by atoms with E-state index in [4.69, 9.17) is 0 Å². The summed E-state index contributed by atoms with van der Waals surface area (Å²) in [4.78, 5) is 23.1. The van der Waals surface area contributed by atoms with Crippen LogP contribution < -0.4 is 5.56 Å². The lowest BCUT2D eigenvalue weighted by atomic mass is 10.2. The molecule has 4 rings (SSSR count). The highest BCUT2D eigenvalue weighted by molar-refractivity contribution is 7.99. The molecule has 0 bridgehead atoms. The van der Waals surface area contributed by atoms with Gasteiger partial charge in [-0.2, -0.15) is 13.2 Å². The Hall–Kier alpha value is -3.21. The zero-order chi connectivity index (χ0) is 21.1. The molecule has 11 heteroatoms. The van der Waals surface area contributed by atoms with Gasteiger partial charge in [-0.05, 0) is 24.3 Å². The summed E-state index contributed by atoms with van der Waals surface area (Å²) in [5, 5.41) is 8.51. The van der Waals surface area contributed by atoms with E-state index in [9.17, 15) is 18.0 Å². The number of hydrogen-bond donors (Lipinski definition) is 1. The van der Waals surface area contributed by atoms with Crippen LogP contribution in [0.15, 0.2) is 58.7 Å². The molecule has 0 aliphatic rings. The molecule has 1 aromatic carbocycles. The molecule has 1 N–H and O–H groups in total. The van der Waals surface area contributed by atoms with Crippen LogP contribution in [-0.4, -0.2) is 41.6 Å². The van der Waals surface area contributed by atoms with Crippen LogP contribution in [0.5, 0.6) is 0 Å². The first-order valence-corrected chi connectivity index (χ1v) is 9.90. The van der Waals surface area contributed by atoms with E-state index in [1.807, 2.05) is 0 Å². The SMILES string of the molecule is O=c1[nH]c(CCSc2nnc(-c3ccncc3)n2CC(F)(F)F)nc2ccccc12. The van der Waals surface area contributed by atoms with Crippen molar-refractivity contribution in [1.82, 2.24) is 29.7 Å². The molecule has 0 unspecified atom stereocenters. The molecule has 30 heavy (non-hydrogen) atoms. The molecular weight excluding hydrogens is 417 g/mol. The molecule has 0 atom stereocenters. The summed E-state index contributed by atoms with van der Waals surface area (Å²) in [5.41, 5.74) is 0.816. The van der Waals surface area contributed by atoms with Crippen molar-refractivity contribution >= 4 is 22.7 Å². The monoisotopic (exact) mass is 432 g/mol. The van der Waals surface area contributed by atoms with E-state index >= 15 is 0 Å². The lowest BCUT2D eigenvalue weighted by Gasteiger charge is -2.12. The molecule has 154 valence electrons. The van der Waals surface area contributed by atoms with Crippen LogP contribution in [0.4, 0.5) is 13.2 Å². The smallest absolute Gasteiger partial charge is 0.310 e. The Bertz CT molecular complexity index is 1220. The third-order valence-corrected chi connectivity index (χ3v) is 5.19. The van der Waals surface area contributed by atoms with Crippen molar-refractivity contribution in [3.05, 3.63) is 65.0 Å². The summed E-state index contributed by atoms with van der Waals surface area (Å²) in [6, 6.07) is 10.1. The third-order valence-electron chi connectivity index (χ3n) is 4.22. The number of H-pyrrole nitrogens is 1. The second kappa shape index (κ2) is 8.27. The van der Waals surface area contributed by atoms with Crippen molar-refractivity contribution in [3.63, 3.8) is 0 Å². The van der Waals surface area contributed by atoms with Gasteiger partial charge in [-0.1, -0.05) is 23.9 Å². The average Bonchev–Trinajstić information content (AvgIpc) is 3.09. The van der Waals surface area contributed by atoms with Gasteiger partial charge in [0.1, 0.15) is 12.4 Å². The van der Waals surface area contributed by atoms with E-state index < -0.39 is 12.7 Å². The molecule has 0 fully saturated rings. The minimum atomic E-state index is -4.43. The Morgan fingerprint density at radius 2 is 1.83 bits per heavy atom. The minimum absolute atomic E-state index is 0.120. The van der Waals surface area contributed by atoms with Gasteiger partial charge in [0, 0.05) is 30.1 Å². The first kappa shape index (κ1) is 20.1. The van der Waals surface area contributed by atoms with Crippen LogP contribution in [0.3, 0.4) is 0 Å². The topological polar surface area (TPSA) is 89.4 Å². The van der Waals surface area contributed by atoms with Gasteiger partial charge in [0.2, 0.25) is 0 Å². The van der Waals surface area contributed by atoms with Gasteiger partial charge in [0.15, 0.2) is 11.0 Å². The number of thioether (sulfide) groups is 1. The third kappa shape index (κ3) is 4.51. The predicted molar refractivity (Wildman–Crippen MR) is 106 cm³/mol. The van der Waals surface area contributed by atoms with Crippen molar-refractivity contribution in [2.45, 2.75) is 24.3 Å². The second-order valence-corrected chi connectivity index (χ2v) is 7.43. The highest BCUT2D eigenvalue weighted by Gasteiger charge is 2.31. The Kier molecular flexibility index (Phi) is 5.53. The molecule has 3 aromatic heterocycles. The van der Waals surface area contributed by atoms with E-state index in [1.54, 1.807) is 36.4 Å². The zero-order valence-corrected chi connectivity index (χ0v) is 16.2. The summed E-state index contributed by atoms with van der Waals surface area (Å²) in [6.45, 7) is -1.20. The summed E-state index contributed by atoms with van der Waals surface area (Å²) < 4.78 is 40.4. The van der Waals surface area contributed by atoms with Gasteiger partial charge < -0.3 is 4.98 Å². The molecule has 4 aromatic rings. The van der Waals surface area contributed by atoms with Gasteiger partial charge in [-0.15, -0.1) is 10.2 Å². The first-order chi connectivity index (χ1) is 14.4. The number of benzene rings is 1. The number of aromatic nitrogens is 6. The number of aromatic amines is 1. The molecule has 3 heterocycles. The fraction of sp³-hybridized carbons (Fsp3) is 0.211. The van der Waals surface area contributed by atoms with Crippen molar-refractivity contribution in [3.8, 4) is 11.4 Å². The molecule has 0 saturated carbocycles. The van der Waals surface area contributed by atoms with Crippen molar-refractivity contribution < 1.29 is 13.2 Å². The highest BCUT2D eigenvalue weighted by Crippen LogP contribution is 2.28. The maximum Gasteiger partial charge on any atom is 0.406 e. The van der Waals surface area contributed by atoms with E-state index in [1.165, 1.54) is 12.4 Å². The number of fused-ring (bicyclic) bond motifs is 1. The van der Waals surface area contributed by atoms with Gasteiger partial charge in [0.05, 0.1) is 10.9 Å². The number of para-hydroxylation sites is 1. The number of rotatable bonds is 6. The molecule has 0 aliphatic carbocycles. The maximum absolute atomic E-state index is 13.1. The lowest BCUT2D eigenvalue weighted by molar-refractivity contribution is -0.141. The molecule has 0 amide bonds. The van der Waals surface area contributed by atoms with Crippen LogP contribution in [0.25, 0.3) is 22.3 Å². The summed E-state index contributed by atoms with van der Waals surface area (Å²) in [6.07, 6.45) is -1.11. The summed E-state index contributed by atoms with van der Waals surface area (Å²) >= 11 is 1.12. The Morgan fingerprint density at radius 3 is 2.60 bits per heavy atom. The Labute approximate surface area is 172 Å².